The largest absolute Gasteiger partial charge is 0.387 e. The van der Waals surface area contributed by atoms with Gasteiger partial charge < -0.3 is 9.67 Å². The van der Waals surface area contributed by atoms with Gasteiger partial charge in [-0.05, 0) is 13.3 Å². The minimum Gasteiger partial charge on any atom is -0.387 e. The van der Waals surface area contributed by atoms with Crippen LogP contribution in [0.15, 0.2) is 12.4 Å². The molecule has 0 radical (unpaired) electrons. The number of rotatable bonds is 4. The first kappa shape index (κ1) is 10.6. The average molecular weight is 209 g/mol. The molecule has 4 heteroatoms. The van der Waals surface area contributed by atoms with Crippen molar-refractivity contribution in [2.75, 3.05) is 19.6 Å². The molecular weight excluding hydrogens is 190 g/mol. The van der Waals surface area contributed by atoms with Crippen LogP contribution < -0.4 is 0 Å². The third-order valence-corrected chi connectivity index (χ3v) is 3.27. The SMILES string of the molecule is CCC1(O)CN(CCn2ccnc2C)C1. The van der Waals surface area contributed by atoms with Gasteiger partial charge in [0.05, 0.1) is 5.60 Å². The van der Waals surface area contributed by atoms with Crippen LogP contribution in [0.25, 0.3) is 0 Å². The Morgan fingerprint density at radius 2 is 2.20 bits per heavy atom. The van der Waals surface area contributed by atoms with Crippen molar-refractivity contribution in [3.05, 3.63) is 18.2 Å². The van der Waals surface area contributed by atoms with Crippen LogP contribution in [0.4, 0.5) is 0 Å². The molecule has 0 unspecified atom stereocenters. The van der Waals surface area contributed by atoms with Crippen molar-refractivity contribution in [3.63, 3.8) is 0 Å². The molecule has 1 aromatic rings. The Hall–Kier alpha value is -0.870. The molecule has 1 aliphatic rings. The summed E-state index contributed by atoms with van der Waals surface area (Å²) >= 11 is 0. The molecule has 0 aliphatic carbocycles. The first-order chi connectivity index (χ1) is 7.13. The van der Waals surface area contributed by atoms with Crippen molar-refractivity contribution in [3.8, 4) is 0 Å². The maximum Gasteiger partial charge on any atom is 0.105 e. The van der Waals surface area contributed by atoms with Crippen LogP contribution in [0.2, 0.25) is 0 Å². The van der Waals surface area contributed by atoms with E-state index in [2.05, 4.69) is 14.5 Å². The highest BCUT2D eigenvalue weighted by molar-refractivity contribution is 4.95. The fourth-order valence-electron chi connectivity index (χ4n) is 2.06. The van der Waals surface area contributed by atoms with Crippen molar-refractivity contribution in [1.82, 2.24) is 14.5 Å². The lowest BCUT2D eigenvalue weighted by Crippen LogP contribution is -2.61. The summed E-state index contributed by atoms with van der Waals surface area (Å²) in [5, 5.41) is 9.84. The fraction of sp³-hybridized carbons (Fsp3) is 0.727. The van der Waals surface area contributed by atoms with Crippen LogP contribution in [-0.4, -0.2) is 44.8 Å². The smallest absolute Gasteiger partial charge is 0.105 e. The van der Waals surface area contributed by atoms with E-state index in [4.69, 9.17) is 0 Å². The van der Waals surface area contributed by atoms with Crippen molar-refractivity contribution < 1.29 is 5.11 Å². The lowest BCUT2D eigenvalue weighted by Gasteiger charge is -2.46. The number of aromatic nitrogens is 2. The zero-order valence-electron chi connectivity index (χ0n) is 9.48. The standard InChI is InChI=1S/C11H19N3O/c1-3-11(15)8-13(9-11)6-7-14-5-4-12-10(14)2/h4-5,15H,3,6-9H2,1-2H3. The summed E-state index contributed by atoms with van der Waals surface area (Å²) in [4.78, 5) is 6.46. The van der Waals surface area contributed by atoms with Gasteiger partial charge in [-0.3, -0.25) is 4.90 Å². The van der Waals surface area contributed by atoms with Crippen molar-refractivity contribution in [2.45, 2.75) is 32.4 Å². The second-order valence-electron chi connectivity index (χ2n) is 4.46. The summed E-state index contributed by atoms with van der Waals surface area (Å²) < 4.78 is 2.14. The third-order valence-electron chi connectivity index (χ3n) is 3.27. The monoisotopic (exact) mass is 209 g/mol. The Bertz CT molecular complexity index is 328. The molecule has 1 aromatic heterocycles. The lowest BCUT2D eigenvalue weighted by molar-refractivity contribution is -0.100. The molecule has 0 amide bonds. The van der Waals surface area contributed by atoms with E-state index in [9.17, 15) is 5.11 Å². The molecule has 1 aliphatic heterocycles. The van der Waals surface area contributed by atoms with Gasteiger partial charge in [0.1, 0.15) is 5.82 Å². The minimum atomic E-state index is -0.413. The van der Waals surface area contributed by atoms with Gasteiger partial charge in [-0.25, -0.2) is 4.98 Å². The molecule has 15 heavy (non-hydrogen) atoms. The van der Waals surface area contributed by atoms with Crippen molar-refractivity contribution in [2.24, 2.45) is 0 Å². The molecule has 0 aromatic carbocycles. The molecule has 0 saturated carbocycles. The van der Waals surface area contributed by atoms with E-state index < -0.39 is 5.60 Å². The van der Waals surface area contributed by atoms with E-state index in [0.29, 0.717) is 0 Å². The molecule has 1 saturated heterocycles. The molecular formula is C11H19N3O. The summed E-state index contributed by atoms with van der Waals surface area (Å²) in [6.45, 7) is 7.65. The number of aryl methyl sites for hydroxylation is 1. The van der Waals surface area contributed by atoms with Gasteiger partial charge in [-0.15, -0.1) is 0 Å². The van der Waals surface area contributed by atoms with Crippen LogP contribution >= 0.6 is 0 Å². The Morgan fingerprint density at radius 1 is 1.47 bits per heavy atom. The summed E-state index contributed by atoms with van der Waals surface area (Å²) in [5.41, 5.74) is -0.413. The molecule has 2 heterocycles. The highest BCUT2D eigenvalue weighted by Crippen LogP contribution is 2.23. The fourth-order valence-corrected chi connectivity index (χ4v) is 2.06. The van der Waals surface area contributed by atoms with Crippen LogP contribution in [-0.2, 0) is 6.54 Å². The number of hydrogen-bond acceptors (Lipinski definition) is 3. The lowest BCUT2D eigenvalue weighted by atomic mass is 9.91. The Kier molecular flexibility index (Phi) is 2.80. The van der Waals surface area contributed by atoms with Gasteiger partial charge >= 0.3 is 0 Å². The topological polar surface area (TPSA) is 41.3 Å². The minimum absolute atomic E-state index is 0.413. The Labute approximate surface area is 90.5 Å². The predicted octanol–water partition coefficient (Wildman–Crippen LogP) is 0.648. The second kappa shape index (κ2) is 3.94. The van der Waals surface area contributed by atoms with Gasteiger partial charge in [-0.1, -0.05) is 6.92 Å². The molecule has 0 spiro atoms. The molecule has 1 fully saturated rings. The van der Waals surface area contributed by atoms with Gasteiger partial charge in [0.15, 0.2) is 0 Å². The number of likely N-dealkylation sites (tertiary alicyclic amines) is 1. The van der Waals surface area contributed by atoms with Gasteiger partial charge in [0.2, 0.25) is 0 Å². The summed E-state index contributed by atoms with van der Waals surface area (Å²) in [7, 11) is 0. The summed E-state index contributed by atoms with van der Waals surface area (Å²) in [6, 6.07) is 0. The predicted molar refractivity (Wildman–Crippen MR) is 58.6 cm³/mol. The van der Waals surface area contributed by atoms with E-state index in [1.165, 1.54) is 0 Å². The highest BCUT2D eigenvalue weighted by atomic mass is 16.3. The summed E-state index contributed by atoms with van der Waals surface area (Å²) in [6.07, 6.45) is 4.68. The third kappa shape index (κ3) is 2.21. The second-order valence-corrected chi connectivity index (χ2v) is 4.46. The zero-order chi connectivity index (χ0) is 10.9. The molecule has 1 N–H and O–H groups in total. The van der Waals surface area contributed by atoms with Crippen LogP contribution in [0.5, 0.6) is 0 Å². The van der Waals surface area contributed by atoms with E-state index in [0.717, 1.165) is 38.4 Å². The molecule has 4 nitrogen and oxygen atoms in total. The van der Waals surface area contributed by atoms with Gasteiger partial charge in [0, 0.05) is 38.6 Å². The first-order valence-corrected chi connectivity index (χ1v) is 5.55. The van der Waals surface area contributed by atoms with E-state index >= 15 is 0 Å². The maximum absolute atomic E-state index is 9.84. The Balaban J connectivity index is 1.75. The molecule has 0 atom stereocenters. The number of nitrogens with zero attached hydrogens (tertiary/aromatic N) is 3. The molecule has 84 valence electrons. The van der Waals surface area contributed by atoms with Gasteiger partial charge in [0.25, 0.3) is 0 Å². The van der Waals surface area contributed by atoms with Crippen LogP contribution in [0.3, 0.4) is 0 Å². The molecule has 2 rings (SSSR count). The summed E-state index contributed by atoms with van der Waals surface area (Å²) in [5.74, 6) is 1.06. The molecule has 0 bridgehead atoms. The number of β-amino-alcohol motifs (C(OH)–C–C–N with tert-alkyl or cyclic N) is 1. The van der Waals surface area contributed by atoms with Crippen LogP contribution in [0, 0.1) is 6.92 Å². The van der Waals surface area contributed by atoms with Crippen molar-refractivity contribution >= 4 is 0 Å². The average Bonchev–Trinajstić information content (AvgIpc) is 2.57. The maximum atomic E-state index is 9.84. The highest BCUT2D eigenvalue weighted by Gasteiger charge is 2.38. The van der Waals surface area contributed by atoms with E-state index in [-0.39, 0.29) is 0 Å². The van der Waals surface area contributed by atoms with Gasteiger partial charge in [-0.2, -0.15) is 0 Å². The first-order valence-electron chi connectivity index (χ1n) is 5.55. The number of aliphatic hydroxyl groups is 1. The van der Waals surface area contributed by atoms with E-state index in [1.54, 1.807) is 0 Å². The van der Waals surface area contributed by atoms with E-state index in [1.807, 2.05) is 26.2 Å². The zero-order valence-corrected chi connectivity index (χ0v) is 9.48. The van der Waals surface area contributed by atoms with Crippen molar-refractivity contribution in [1.29, 1.82) is 0 Å². The van der Waals surface area contributed by atoms with Crippen LogP contribution in [0.1, 0.15) is 19.2 Å². The Morgan fingerprint density at radius 3 is 2.73 bits per heavy atom. The normalized spacial score (nSPS) is 20.2. The number of hydrogen-bond donors (Lipinski definition) is 1. The number of imidazole rings is 1. The quantitative estimate of drug-likeness (QED) is 0.791.